The molecule has 1 aromatic rings. The SMILES string of the molecule is CC(C)CC(CNC(=O)c1ccc(N)c(Br)c1)N(C)C. The van der Waals surface area contributed by atoms with E-state index in [9.17, 15) is 4.79 Å². The predicted octanol–water partition coefficient (Wildman–Crippen LogP) is 2.74. The highest BCUT2D eigenvalue weighted by Crippen LogP contribution is 2.20. The van der Waals surface area contributed by atoms with Crippen LogP contribution in [0.3, 0.4) is 0 Å². The van der Waals surface area contributed by atoms with E-state index >= 15 is 0 Å². The molecule has 0 bridgehead atoms. The molecule has 0 aromatic heterocycles. The Bertz CT molecular complexity index is 460. The van der Waals surface area contributed by atoms with Gasteiger partial charge in [0.1, 0.15) is 0 Å². The standard InChI is InChI=1S/C15H24BrN3O/c1-10(2)7-12(19(3)4)9-18-15(20)11-5-6-14(17)13(16)8-11/h5-6,8,10,12H,7,9,17H2,1-4H3,(H,18,20). The Labute approximate surface area is 129 Å². The van der Waals surface area contributed by atoms with Crippen molar-refractivity contribution in [2.45, 2.75) is 26.3 Å². The van der Waals surface area contributed by atoms with Crippen LogP contribution in [0.2, 0.25) is 0 Å². The molecule has 20 heavy (non-hydrogen) atoms. The zero-order valence-electron chi connectivity index (χ0n) is 12.6. The van der Waals surface area contributed by atoms with E-state index in [1.54, 1.807) is 18.2 Å². The van der Waals surface area contributed by atoms with E-state index in [4.69, 9.17) is 5.73 Å². The number of anilines is 1. The van der Waals surface area contributed by atoms with Crippen molar-refractivity contribution in [1.82, 2.24) is 10.2 Å². The third-order valence-electron chi connectivity index (χ3n) is 3.23. The van der Waals surface area contributed by atoms with Gasteiger partial charge in [0, 0.05) is 28.3 Å². The van der Waals surface area contributed by atoms with Gasteiger partial charge in [0.2, 0.25) is 0 Å². The summed E-state index contributed by atoms with van der Waals surface area (Å²) < 4.78 is 0.747. The van der Waals surface area contributed by atoms with Crippen LogP contribution in [-0.2, 0) is 0 Å². The summed E-state index contributed by atoms with van der Waals surface area (Å²) >= 11 is 3.34. The summed E-state index contributed by atoms with van der Waals surface area (Å²) in [6.07, 6.45) is 1.05. The van der Waals surface area contributed by atoms with Crippen LogP contribution in [0.4, 0.5) is 5.69 Å². The molecule has 1 aromatic carbocycles. The molecule has 0 radical (unpaired) electrons. The summed E-state index contributed by atoms with van der Waals surface area (Å²) in [6, 6.07) is 5.56. The molecule has 0 fully saturated rings. The largest absolute Gasteiger partial charge is 0.398 e. The molecule has 1 unspecified atom stereocenters. The van der Waals surface area contributed by atoms with Crippen molar-refractivity contribution in [2.75, 3.05) is 26.4 Å². The summed E-state index contributed by atoms with van der Waals surface area (Å²) in [7, 11) is 4.08. The molecule has 0 saturated carbocycles. The lowest BCUT2D eigenvalue weighted by molar-refractivity contribution is 0.0938. The molecular formula is C15H24BrN3O. The number of benzene rings is 1. The number of nitrogen functional groups attached to an aromatic ring is 1. The molecule has 112 valence electrons. The number of amides is 1. The number of carbonyl (C=O) groups excluding carboxylic acids is 1. The van der Waals surface area contributed by atoms with Crippen molar-refractivity contribution in [3.05, 3.63) is 28.2 Å². The van der Waals surface area contributed by atoms with Gasteiger partial charge in [0.25, 0.3) is 5.91 Å². The van der Waals surface area contributed by atoms with E-state index in [0.717, 1.165) is 10.9 Å². The first kappa shape index (κ1) is 17.0. The van der Waals surface area contributed by atoms with Crippen LogP contribution in [0, 0.1) is 5.92 Å². The van der Waals surface area contributed by atoms with E-state index in [2.05, 4.69) is 40.0 Å². The van der Waals surface area contributed by atoms with Crippen LogP contribution in [-0.4, -0.2) is 37.5 Å². The minimum atomic E-state index is -0.0682. The number of hydrogen-bond acceptors (Lipinski definition) is 3. The lowest BCUT2D eigenvalue weighted by Crippen LogP contribution is -2.41. The number of nitrogens with zero attached hydrogens (tertiary/aromatic N) is 1. The van der Waals surface area contributed by atoms with Gasteiger partial charge in [-0.1, -0.05) is 13.8 Å². The summed E-state index contributed by atoms with van der Waals surface area (Å²) in [4.78, 5) is 14.3. The Hall–Kier alpha value is -1.07. The number of likely N-dealkylation sites (N-methyl/N-ethyl adjacent to an activating group) is 1. The van der Waals surface area contributed by atoms with Gasteiger partial charge < -0.3 is 16.0 Å². The molecule has 1 atom stereocenters. The molecule has 1 rings (SSSR count). The van der Waals surface area contributed by atoms with Crippen LogP contribution >= 0.6 is 15.9 Å². The maximum atomic E-state index is 12.1. The van der Waals surface area contributed by atoms with Gasteiger partial charge in [-0.3, -0.25) is 4.79 Å². The Kier molecular flexibility index (Phi) is 6.49. The predicted molar refractivity (Wildman–Crippen MR) is 87.8 cm³/mol. The average molecular weight is 342 g/mol. The van der Waals surface area contributed by atoms with E-state index < -0.39 is 0 Å². The van der Waals surface area contributed by atoms with Gasteiger partial charge in [-0.25, -0.2) is 0 Å². The summed E-state index contributed by atoms with van der Waals surface area (Å²) in [5, 5.41) is 2.99. The van der Waals surface area contributed by atoms with Crippen LogP contribution in [0.5, 0.6) is 0 Å². The Morgan fingerprint density at radius 2 is 2.05 bits per heavy atom. The van der Waals surface area contributed by atoms with Crippen molar-refractivity contribution in [1.29, 1.82) is 0 Å². The number of nitrogens with one attached hydrogen (secondary N) is 1. The van der Waals surface area contributed by atoms with Crippen molar-refractivity contribution >= 4 is 27.5 Å². The van der Waals surface area contributed by atoms with Crippen molar-refractivity contribution < 1.29 is 4.79 Å². The highest BCUT2D eigenvalue weighted by molar-refractivity contribution is 9.10. The zero-order valence-corrected chi connectivity index (χ0v) is 14.2. The summed E-state index contributed by atoms with van der Waals surface area (Å²) in [5.41, 5.74) is 6.97. The Morgan fingerprint density at radius 1 is 1.40 bits per heavy atom. The quantitative estimate of drug-likeness (QED) is 0.782. The fraction of sp³-hybridized carbons (Fsp3) is 0.533. The second-order valence-electron chi connectivity index (χ2n) is 5.69. The molecule has 4 nitrogen and oxygen atoms in total. The molecule has 0 aliphatic carbocycles. The van der Waals surface area contributed by atoms with Crippen molar-refractivity contribution in [3.8, 4) is 0 Å². The lowest BCUT2D eigenvalue weighted by Gasteiger charge is -2.26. The second kappa shape index (κ2) is 7.64. The summed E-state index contributed by atoms with van der Waals surface area (Å²) in [5.74, 6) is 0.534. The number of carbonyl (C=O) groups is 1. The average Bonchev–Trinajstić information content (AvgIpc) is 2.36. The highest BCUT2D eigenvalue weighted by Gasteiger charge is 2.15. The third-order valence-corrected chi connectivity index (χ3v) is 3.92. The Morgan fingerprint density at radius 3 is 2.55 bits per heavy atom. The van der Waals surface area contributed by atoms with E-state index in [1.165, 1.54) is 0 Å². The van der Waals surface area contributed by atoms with Gasteiger partial charge in [0.05, 0.1) is 0 Å². The van der Waals surface area contributed by atoms with Gasteiger partial charge in [-0.2, -0.15) is 0 Å². The van der Waals surface area contributed by atoms with Crippen LogP contribution < -0.4 is 11.1 Å². The van der Waals surface area contributed by atoms with Gasteiger partial charge >= 0.3 is 0 Å². The van der Waals surface area contributed by atoms with Gasteiger partial charge in [-0.15, -0.1) is 0 Å². The van der Waals surface area contributed by atoms with Gasteiger partial charge in [-0.05, 0) is 60.6 Å². The van der Waals surface area contributed by atoms with E-state index in [1.807, 2.05) is 14.1 Å². The molecular weight excluding hydrogens is 318 g/mol. The van der Waals surface area contributed by atoms with E-state index in [0.29, 0.717) is 29.8 Å². The summed E-state index contributed by atoms with van der Waals surface area (Å²) in [6.45, 7) is 5.02. The number of nitrogens with two attached hydrogens (primary N) is 1. The maximum absolute atomic E-state index is 12.1. The molecule has 3 N–H and O–H groups in total. The van der Waals surface area contributed by atoms with Crippen LogP contribution in [0.15, 0.2) is 22.7 Å². The van der Waals surface area contributed by atoms with Crippen LogP contribution in [0.1, 0.15) is 30.6 Å². The van der Waals surface area contributed by atoms with Crippen molar-refractivity contribution in [3.63, 3.8) is 0 Å². The Balaban J connectivity index is 2.63. The molecule has 0 heterocycles. The van der Waals surface area contributed by atoms with Crippen molar-refractivity contribution in [2.24, 2.45) is 5.92 Å². The molecule has 0 aliphatic heterocycles. The first-order valence-corrected chi connectivity index (χ1v) is 7.60. The number of hydrogen-bond donors (Lipinski definition) is 2. The minimum Gasteiger partial charge on any atom is -0.398 e. The molecule has 5 heteroatoms. The minimum absolute atomic E-state index is 0.0682. The smallest absolute Gasteiger partial charge is 0.251 e. The fourth-order valence-corrected chi connectivity index (χ4v) is 2.38. The third kappa shape index (κ3) is 5.13. The molecule has 0 spiro atoms. The highest BCUT2D eigenvalue weighted by atomic mass is 79.9. The van der Waals surface area contributed by atoms with Gasteiger partial charge in [0.15, 0.2) is 0 Å². The normalized spacial score (nSPS) is 12.8. The van der Waals surface area contributed by atoms with Crippen LogP contribution in [0.25, 0.3) is 0 Å². The zero-order chi connectivity index (χ0) is 15.3. The monoisotopic (exact) mass is 341 g/mol. The fourth-order valence-electron chi connectivity index (χ4n) is 2.00. The second-order valence-corrected chi connectivity index (χ2v) is 6.55. The molecule has 0 aliphatic rings. The number of rotatable bonds is 6. The first-order valence-electron chi connectivity index (χ1n) is 6.81. The number of halogens is 1. The topological polar surface area (TPSA) is 58.4 Å². The van der Waals surface area contributed by atoms with E-state index in [-0.39, 0.29) is 5.91 Å². The molecule has 0 saturated heterocycles. The lowest BCUT2D eigenvalue weighted by atomic mass is 10.0. The molecule has 1 amide bonds. The first-order chi connectivity index (χ1) is 9.31. The maximum Gasteiger partial charge on any atom is 0.251 e.